The van der Waals surface area contributed by atoms with Crippen LogP contribution in [0.3, 0.4) is 0 Å². The summed E-state index contributed by atoms with van der Waals surface area (Å²) in [6.07, 6.45) is 3.24. The lowest BCUT2D eigenvalue weighted by atomic mass is 10.1. The summed E-state index contributed by atoms with van der Waals surface area (Å²) in [4.78, 5) is 10.8. The Morgan fingerprint density at radius 2 is 1.71 bits per heavy atom. The number of rotatable bonds is 3. The maximum atomic E-state index is 9.92. The Balaban J connectivity index is 2.18. The summed E-state index contributed by atoms with van der Waals surface area (Å²) in [5.74, 6) is 0.661. The van der Waals surface area contributed by atoms with E-state index in [9.17, 15) is 5.21 Å². The molecule has 0 spiro atoms. The van der Waals surface area contributed by atoms with E-state index in [4.69, 9.17) is 0 Å². The Morgan fingerprint density at radius 3 is 2.24 bits per heavy atom. The fourth-order valence-corrected chi connectivity index (χ4v) is 1.74. The number of allylic oxidation sites excluding steroid dienone is 1. The molecule has 0 bridgehead atoms. The van der Waals surface area contributed by atoms with Gasteiger partial charge in [-0.1, -0.05) is 0 Å². The molecule has 0 aromatic heterocycles. The summed E-state index contributed by atoms with van der Waals surface area (Å²) in [5, 5.41) is 11.1. The number of amidine groups is 1. The SMILES string of the molecule is CN(C)c1ccc(C2=NC(=CN(O)C(C)(C)C)C=N2)cc1. The Morgan fingerprint density at radius 1 is 1.10 bits per heavy atom. The standard InChI is InChI=1S/C16H22N4O/c1-16(2,3)20(21)11-13-10-17-15(18-13)12-6-8-14(9-7-12)19(4)5/h6-11,21H,1-5H3. The van der Waals surface area contributed by atoms with Gasteiger partial charge in [0.1, 0.15) is 5.70 Å². The highest BCUT2D eigenvalue weighted by Gasteiger charge is 2.18. The van der Waals surface area contributed by atoms with Crippen LogP contribution in [0.5, 0.6) is 0 Å². The lowest BCUT2D eigenvalue weighted by Crippen LogP contribution is -2.34. The van der Waals surface area contributed by atoms with Gasteiger partial charge in [0.05, 0.1) is 18.0 Å². The molecule has 1 aliphatic heterocycles. The van der Waals surface area contributed by atoms with Crippen molar-refractivity contribution in [2.24, 2.45) is 9.98 Å². The first kappa shape index (κ1) is 15.3. The van der Waals surface area contributed by atoms with Gasteiger partial charge in [0.15, 0.2) is 5.84 Å². The van der Waals surface area contributed by atoms with E-state index in [2.05, 4.69) is 9.98 Å². The van der Waals surface area contributed by atoms with Crippen LogP contribution in [-0.4, -0.2) is 42.0 Å². The number of hydroxylamine groups is 2. The molecule has 0 unspecified atom stereocenters. The highest BCUT2D eigenvalue weighted by Crippen LogP contribution is 2.18. The minimum absolute atomic E-state index is 0.369. The van der Waals surface area contributed by atoms with Gasteiger partial charge in [-0.15, -0.1) is 0 Å². The van der Waals surface area contributed by atoms with E-state index < -0.39 is 0 Å². The summed E-state index contributed by atoms with van der Waals surface area (Å²) in [6.45, 7) is 5.75. The third-order valence-electron chi connectivity index (χ3n) is 3.14. The van der Waals surface area contributed by atoms with Crippen molar-refractivity contribution < 1.29 is 5.21 Å². The molecule has 1 aromatic carbocycles. The van der Waals surface area contributed by atoms with Gasteiger partial charge < -0.3 is 4.90 Å². The maximum Gasteiger partial charge on any atom is 0.159 e. The fourth-order valence-electron chi connectivity index (χ4n) is 1.74. The zero-order valence-electron chi connectivity index (χ0n) is 13.2. The molecule has 112 valence electrons. The molecule has 5 nitrogen and oxygen atoms in total. The van der Waals surface area contributed by atoms with Crippen molar-refractivity contribution in [3.63, 3.8) is 0 Å². The average molecular weight is 286 g/mol. The van der Waals surface area contributed by atoms with E-state index in [-0.39, 0.29) is 5.54 Å². The second-order valence-corrected chi connectivity index (χ2v) is 6.20. The maximum absolute atomic E-state index is 9.92. The first-order chi connectivity index (χ1) is 9.77. The molecule has 5 heteroatoms. The first-order valence-corrected chi connectivity index (χ1v) is 6.88. The van der Waals surface area contributed by atoms with E-state index in [1.807, 2.05) is 64.0 Å². The molecular weight excluding hydrogens is 264 g/mol. The number of anilines is 1. The van der Waals surface area contributed by atoms with Gasteiger partial charge in [-0.2, -0.15) is 0 Å². The third-order valence-corrected chi connectivity index (χ3v) is 3.14. The smallest absolute Gasteiger partial charge is 0.159 e. The molecule has 0 radical (unpaired) electrons. The number of aliphatic imine (C=N–C) groups is 2. The second kappa shape index (κ2) is 5.69. The minimum Gasteiger partial charge on any atom is -0.378 e. The van der Waals surface area contributed by atoms with E-state index in [0.29, 0.717) is 11.5 Å². The lowest BCUT2D eigenvalue weighted by Gasteiger charge is -2.27. The van der Waals surface area contributed by atoms with Gasteiger partial charge in [-0.25, -0.2) is 9.98 Å². The largest absolute Gasteiger partial charge is 0.378 e. The Labute approximate surface area is 125 Å². The third kappa shape index (κ3) is 3.70. The molecule has 1 aliphatic rings. The Kier molecular flexibility index (Phi) is 4.14. The van der Waals surface area contributed by atoms with Crippen LogP contribution in [0.2, 0.25) is 0 Å². The molecule has 0 aliphatic carbocycles. The molecule has 0 atom stereocenters. The number of nitrogens with zero attached hydrogens (tertiary/aromatic N) is 4. The highest BCUT2D eigenvalue weighted by molar-refractivity contribution is 6.10. The van der Waals surface area contributed by atoms with Crippen molar-refractivity contribution in [1.29, 1.82) is 0 Å². The van der Waals surface area contributed by atoms with Crippen LogP contribution in [0, 0.1) is 0 Å². The Hall–Kier alpha value is -2.14. The van der Waals surface area contributed by atoms with Crippen molar-refractivity contribution in [2.45, 2.75) is 26.3 Å². The Bertz CT molecular complexity index is 592. The van der Waals surface area contributed by atoms with E-state index >= 15 is 0 Å². The molecule has 0 saturated heterocycles. The molecule has 1 heterocycles. The van der Waals surface area contributed by atoms with Crippen molar-refractivity contribution in [3.05, 3.63) is 41.7 Å². The normalized spacial score (nSPS) is 16.3. The molecule has 0 saturated carbocycles. The quantitative estimate of drug-likeness (QED) is 0.869. The molecule has 21 heavy (non-hydrogen) atoms. The average Bonchev–Trinajstić information content (AvgIpc) is 2.86. The molecule has 0 fully saturated rings. The number of benzene rings is 1. The van der Waals surface area contributed by atoms with Crippen LogP contribution in [0.4, 0.5) is 5.69 Å². The summed E-state index contributed by atoms with van der Waals surface area (Å²) in [7, 11) is 4.01. The zero-order valence-corrected chi connectivity index (χ0v) is 13.2. The second-order valence-electron chi connectivity index (χ2n) is 6.20. The van der Waals surface area contributed by atoms with Crippen LogP contribution in [0.15, 0.2) is 46.1 Å². The number of hydrogen-bond donors (Lipinski definition) is 1. The van der Waals surface area contributed by atoms with E-state index in [0.717, 1.165) is 16.3 Å². The molecule has 0 amide bonds. The summed E-state index contributed by atoms with van der Waals surface area (Å²) >= 11 is 0. The minimum atomic E-state index is -0.369. The van der Waals surface area contributed by atoms with Crippen LogP contribution in [0.1, 0.15) is 26.3 Å². The molecule has 1 N–H and O–H groups in total. The van der Waals surface area contributed by atoms with Gasteiger partial charge >= 0.3 is 0 Å². The van der Waals surface area contributed by atoms with Gasteiger partial charge in [0.25, 0.3) is 0 Å². The molecule has 2 rings (SSSR count). The van der Waals surface area contributed by atoms with Gasteiger partial charge in [0.2, 0.25) is 0 Å². The van der Waals surface area contributed by atoms with E-state index in [1.165, 1.54) is 0 Å². The van der Waals surface area contributed by atoms with Crippen LogP contribution in [0.25, 0.3) is 0 Å². The van der Waals surface area contributed by atoms with Crippen molar-refractivity contribution in [2.75, 3.05) is 19.0 Å². The lowest BCUT2D eigenvalue weighted by molar-refractivity contribution is -0.110. The van der Waals surface area contributed by atoms with Crippen LogP contribution in [-0.2, 0) is 0 Å². The monoisotopic (exact) mass is 286 g/mol. The fraction of sp³-hybridized carbons (Fsp3) is 0.375. The summed E-state index contributed by atoms with van der Waals surface area (Å²) < 4.78 is 0. The van der Waals surface area contributed by atoms with Gasteiger partial charge in [-0.3, -0.25) is 10.3 Å². The van der Waals surface area contributed by atoms with Gasteiger partial charge in [0, 0.05) is 25.3 Å². The van der Waals surface area contributed by atoms with Crippen LogP contribution < -0.4 is 4.90 Å². The predicted octanol–water partition coefficient (Wildman–Crippen LogP) is 2.91. The summed E-state index contributed by atoms with van der Waals surface area (Å²) in [5.41, 5.74) is 2.36. The van der Waals surface area contributed by atoms with E-state index in [1.54, 1.807) is 12.4 Å². The van der Waals surface area contributed by atoms with Crippen molar-refractivity contribution in [1.82, 2.24) is 5.06 Å². The van der Waals surface area contributed by atoms with Gasteiger partial charge in [-0.05, 0) is 45.0 Å². The van der Waals surface area contributed by atoms with Crippen LogP contribution >= 0.6 is 0 Å². The summed E-state index contributed by atoms with van der Waals surface area (Å²) in [6, 6.07) is 8.05. The van der Waals surface area contributed by atoms with Crippen molar-refractivity contribution >= 4 is 17.7 Å². The number of hydrogen-bond acceptors (Lipinski definition) is 5. The topological polar surface area (TPSA) is 51.4 Å². The molecule has 1 aromatic rings. The van der Waals surface area contributed by atoms with Crippen molar-refractivity contribution in [3.8, 4) is 0 Å². The molecular formula is C16H22N4O. The highest BCUT2D eigenvalue weighted by atomic mass is 16.5. The zero-order chi connectivity index (χ0) is 15.6. The predicted molar refractivity (Wildman–Crippen MR) is 87.3 cm³/mol. The first-order valence-electron chi connectivity index (χ1n) is 6.88.